The SMILES string of the molecule is NCC1CCCCN1CCn1c(=O)oc2ccccc21. The van der Waals surface area contributed by atoms with Crippen molar-refractivity contribution in [3.05, 3.63) is 34.8 Å². The van der Waals surface area contributed by atoms with Gasteiger partial charge in [0.2, 0.25) is 0 Å². The molecule has 1 aliphatic heterocycles. The summed E-state index contributed by atoms with van der Waals surface area (Å²) in [5.74, 6) is -0.271. The molecule has 1 aliphatic rings. The average Bonchev–Trinajstić information content (AvgIpc) is 2.81. The van der Waals surface area contributed by atoms with Crippen LogP contribution in [0.4, 0.5) is 0 Å². The lowest BCUT2D eigenvalue weighted by Gasteiger charge is -2.34. The molecule has 1 unspecified atom stereocenters. The van der Waals surface area contributed by atoms with E-state index < -0.39 is 0 Å². The summed E-state index contributed by atoms with van der Waals surface area (Å²) in [5.41, 5.74) is 7.37. The van der Waals surface area contributed by atoms with Crippen LogP contribution in [0.5, 0.6) is 0 Å². The van der Waals surface area contributed by atoms with Crippen molar-refractivity contribution in [2.24, 2.45) is 5.73 Å². The highest BCUT2D eigenvalue weighted by molar-refractivity contribution is 5.72. The van der Waals surface area contributed by atoms with Gasteiger partial charge in [-0.15, -0.1) is 0 Å². The summed E-state index contributed by atoms with van der Waals surface area (Å²) in [4.78, 5) is 14.3. The second-order valence-electron chi connectivity index (χ2n) is 5.41. The van der Waals surface area contributed by atoms with Gasteiger partial charge in [-0.25, -0.2) is 4.79 Å². The first-order valence-electron chi connectivity index (χ1n) is 7.32. The standard InChI is InChI=1S/C15H21N3O2/c16-11-12-5-3-4-8-17(12)9-10-18-13-6-1-2-7-14(13)20-15(18)19/h1-2,6-7,12H,3-5,8-11,16H2. The highest BCUT2D eigenvalue weighted by atomic mass is 16.4. The summed E-state index contributed by atoms with van der Waals surface area (Å²) in [6, 6.07) is 8.02. The zero-order chi connectivity index (χ0) is 13.9. The lowest BCUT2D eigenvalue weighted by Crippen LogP contribution is -2.45. The number of para-hydroxylation sites is 2. The van der Waals surface area contributed by atoms with Crippen LogP contribution in [0, 0.1) is 0 Å². The number of benzene rings is 1. The molecule has 1 fully saturated rings. The fourth-order valence-corrected chi connectivity index (χ4v) is 3.08. The molecule has 3 rings (SSSR count). The van der Waals surface area contributed by atoms with Gasteiger partial charge in [-0.2, -0.15) is 0 Å². The van der Waals surface area contributed by atoms with Gasteiger partial charge in [-0.05, 0) is 31.5 Å². The number of aromatic nitrogens is 1. The van der Waals surface area contributed by atoms with Gasteiger partial charge in [-0.1, -0.05) is 18.6 Å². The van der Waals surface area contributed by atoms with E-state index >= 15 is 0 Å². The molecular formula is C15H21N3O2. The molecule has 0 saturated carbocycles. The smallest absolute Gasteiger partial charge is 0.408 e. The van der Waals surface area contributed by atoms with Crippen molar-refractivity contribution in [1.82, 2.24) is 9.47 Å². The Kier molecular flexibility index (Phi) is 3.89. The van der Waals surface area contributed by atoms with Crippen LogP contribution in [0.1, 0.15) is 19.3 Å². The molecule has 5 heteroatoms. The van der Waals surface area contributed by atoms with E-state index in [1.54, 1.807) is 4.57 Å². The third-order valence-electron chi connectivity index (χ3n) is 4.21. The number of likely N-dealkylation sites (tertiary alicyclic amines) is 1. The Morgan fingerprint density at radius 2 is 2.10 bits per heavy atom. The molecular weight excluding hydrogens is 254 g/mol. The van der Waals surface area contributed by atoms with Gasteiger partial charge in [0, 0.05) is 25.7 Å². The number of fused-ring (bicyclic) bond motifs is 1. The van der Waals surface area contributed by atoms with E-state index in [4.69, 9.17) is 10.2 Å². The molecule has 1 aromatic heterocycles. The van der Waals surface area contributed by atoms with E-state index in [-0.39, 0.29) is 5.76 Å². The van der Waals surface area contributed by atoms with Gasteiger partial charge < -0.3 is 10.2 Å². The van der Waals surface area contributed by atoms with Crippen LogP contribution in [0.3, 0.4) is 0 Å². The maximum absolute atomic E-state index is 11.9. The largest absolute Gasteiger partial charge is 0.419 e. The minimum atomic E-state index is -0.271. The van der Waals surface area contributed by atoms with Crippen molar-refractivity contribution in [2.45, 2.75) is 31.8 Å². The van der Waals surface area contributed by atoms with E-state index in [1.165, 1.54) is 12.8 Å². The van der Waals surface area contributed by atoms with E-state index in [9.17, 15) is 4.79 Å². The zero-order valence-electron chi connectivity index (χ0n) is 11.6. The highest BCUT2D eigenvalue weighted by Gasteiger charge is 2.21. The molecule has 0 spiro atoms. The predicted octanol–water partition coefficient (Wildman–Crippen LogP) is 1.41. The van der Waals surface area contributed by atoms with E-state index in [2.05, 4.69) is 4.90 Å². The maximum Gasteiger partial charge on any atom is 0.419 e. The molecule has 5 nitrogen and oxygen atoms in total. The average molecular weight is 275 g/mol. The molecule has 20 heavy (non-hydrogen) atoms. The normalized spacial score (nSPS) is 20.6. The van der Waals surface area contributed by atoms with Gasteiger partial charge in [0.1, 0.15) is 0 Å². The third-order valence-corrected chi connectivity index (χ3v) is 4.21. The Morgan fingerprint density at radius 3 is 2.95 bits per heavy atom. The van der Waals surface area contributed by atoms with Crippen molar-refractivity contribution in [3.8, 4) is 0 Å². The van der Waals surface area contributed by atoms with Gasteiger partial charge in [0.25, 0.3) is 0 Å². The predicted molar refractivity (Wildman–Crippen MR) is 78.7 cm³/mol. The molecule has 0 bridgehead atoms. The van der Waals surface area contributed by atoms with Crippen LogP contribution in [-0.2, 0) is 6.54 Å². The van der Waals surface area contributed by atoms with Gasteiger partial charge >= 0.3 is 5.76 Å². The van der Waals surface area contributed by atoms with Crippen LogP contribution >= 0.6 is 0 Å². The van der Waals surface area contributed by atoms with E-state index in [0.717, 1.165) is 25.0 Å². The maximum atomic E-state index is 11.9. The van der Waals surface area contributed by atoms with Gasteiger partial charge in [0.15, 0.2) is 5.58 Å². The minimum Gasteiger partial charge on any atom is -0.408 e. The Bertz CT molecular complexity index is 631. The first kappa shape index (κ1) is 13.4. The summed E-state index contributed by atoms with van der Waals surface area (Å²) in [7, 11) is 0. The lowest BCUT2D eigenvalue weighted by molar-refractivity contribution is 0.147. The molecule has 2 aromatic rings. The quantitative estimate of drug-likeness (QED) is 0.916. The number of piperidine rings is 1. The molecule has 0 radical (unpaired) electrons. The number of hydrogen-bond donors (Lipinski definition) is 1. The third kappa shape index (κ3) is 2.51. The first-order chi connectivity index (χ1) is 9.79. The van der Waals surface area contributed by atoms with Crippen LogP contribution in [-0.4, -0.2) is 35.1 Å². The van der Waals surface area contributed by atoms with E-state index in [1.807, 2.05) is 24.3 Å². The molecule has 108 valence electrons. The Hall–Kier alpha value is -1.59. The van der Waals surface area contributed by atoms with Crippen molar-refractivity contribution >= 4 is 11.1 Å². The van der Waals surface area contributed by atoms with Crippen molar-refractivity contribution < 1.29 is 4.42 Å². The Morgan fingerprint density at radius 1 is 1.25 bits per heavy atom. The number of oxazole rings is 1. The fourth-order valence-electron chi connectivity index (χ4n) is 3.08. The zero-order valence-corrected chi connectivity index (χ0v) is 11.6. The summed E-state index contributed by atoms with van der Waals surface area (Å²) in [5, 5.41) is 0. The summed E-state index contributed by atoms with van der Waals surface area (Å²) < 4.78 is 6.98. The summed E-state index contributed by atoms with van der Waals surface area (Å²) in [6.45, 7) is 3.28. The molecule has 0 amide bonds. The molecule has 2 N–H and O–H groups in total. The lowest BCUT2D eigenvalue weighted by atomic mass is 10.0. The molecule has 2 heterocycles. The topological polar surface area (TPSA) is 64.4 Å². The Labute approximate surface area is 118 Å². The monoisotopic (exact) mass is 275 g/mol. The minimum absolute atomic E-state index is 0.271. The van der Waals surface area contributed by atoms with Gasteiger partial charge in [-0.3, -0.25) is 9.47 Å². The summed E-state index contributed by atoms with van der Waals surface area (Å²) in [6.07, 6.45) is 3.64. The molecule has 1 saturated heterocycles. The number of nitrogens with zero attached hydrogens (tertiary/aromatic N) is 2. The molecule has 1 aromatic carbocycles. The highest BCUT2D eigenvalue weighted by Crippen LogP contribution is 2.17. The van der Waals surface area contributed by atoms with Crippen molar-refractivity contribution in [3.63, 3.8) is 0 Å². The fraction of sp³-hybridized carbons (Fsp3) is 0.533. The van der Waals surface area contributed by atoms with E-state index in [0.29, 0.717) is 24.7 Å². The number of hydrogen-bond acceptors (Lipinski definition) is 4. The molecule has 1 atom stereocenters. The second kappa shape index (κ2) is 5.81. The first-order valence-corrected chi connectivity index (χ1v) is 7.32. The van der Waals surface area contributed by atoms with Gasteiger partial charge in [0.05, 0.1) is 5.52 Å². The molecule has 0 aliphatic carbocycles. The number of nitrogens with two attached hydrogens (primary N) is 1. The van der Waals surface area contributed by atoms with Crippen LogP contribution in [0.2, 0.25) is 0 Å². The second-order valence-corrected chi connectivity index (χ2v) is 5.41. The van der Waals surface area contributed by atoms with Crippen LogP contribution in [0.25, 0.3) is 11.1 Å². The van der Waals surface area contributed by atoms with Crippen molar-refractivity contribution in [1.29, 1.82) is 0 Å². The summed E-state index contributed by atoms with van der Waals surface area (Å²) >= 11 is 0. The van der Waals surface area contributed by atoms with Crippen LogP contribution < -0.4 is 11.5 Å². The van der Waals surface area contributed by atoms with Crippen molar-refractivity contribution in [2.75, 3.05) is 19.6 Å². The number of rotatable bonds is 4. The Balaban J connectivity index is 1.76. The van der Waals surface area contributed by atoms with Crippen LogP contribution in [0.15, 0.2) is 33.5 Å².